The lowest BCUT2D eigenvalue weighted by Gasteiger charge is -2.36. The molecule has 0 spiro atoms. The van der Waals surface area contributed by atoms with Crippen molar-refractivity contribution in [2.24, 2.45) is 0 Å². The minimum atomic E-state index is -0.0349. The normalized spacial score (nSPS) is 16.1. The molecule has 3 rings (SSSR count). The third-order valence-corrected chi connectivity index (χ3v) is 4.06. The van der Waals surface area contributed by atoms with Gasteiger partial charge in [0, 0.05) is 55.7 Å². The summed E-state index contributed by atoms with van der Waals surface area (Å²) in [5.41, 5.74) is 2.25. The van der Waals surface area contributed by atoms with Gasteiger partial charge in [0.2, 0.25) is 5.56 Å². The number of aromatic nitrogens is 1. The first-order valence-corrected chi connectivity index (χ1v) is 7.49. The van der Waals surface area contributed by atoms with Crippen LogP contribution < -0.4 is 10.5 Å². The second kappa shape index (κ2) is 6.33. The molecule has 2 heterocycles. The molecule has 1 aromatic heterocycles. The Balaban J connectivity index is 1.57. The highest BCUT2D eigenvalue weighted by Gasteiger charge is 2.17. The van der Waals surface area contributed by atoms with Gasteiger partial charge in [-0.25, -0.2) is 0 Å². The summed E-state index contributed by atoms with van der Waals surface area (Å²) in [7, 11) is 0. The zero-order valence-electron chi connectivity index (χ0n) is 11.8. The molecule has 0 radical (unpaired) electrons. The molecule has 110 valence electrons. The number of aromatic amines is 1. The summed E-state index contributed by atoms with van der Waals surface area (Å²) in [6.07, 6.45) is 1.71. The summed E-state index contributed by atoms with van der Waals surface area (Å²) in [5, 5.41) is 0.770. The van der Waals surface area contributed by atoms with E-state index in [0.29, 0.717) is 0 Å². The molecule has 1 saturated heterocycles. The smallest absolute Gasteiger partial charge is 0.248 e. The number of pyridine rings is 1. The molecule has 1 aliphatic heterocycles. The highest BCUT2D eigenvalue weighted by Crippen LogP contribution is 2.19. The van der Waals surface area contributed by atoms with Crippen LogP contribution in [0.25, 0.3) is 0 Å². The fraction of sp³-hybridized carbons (Fsp3) is 0.312. The Labute approximate surface area is 129 Å². The van der Waals surface area contributed by atoms with Crippen LogP contribution in [0.15, 0.2) is 47.4 Å². The molecule has 2 aromatic rings. The van der Waals surface area contributed by atoms with Crippen LogP contribution >= 0.6 is 11.6 Å². The molecule has 0 bridgehead atoms. The van der Waals surface area contributed by atoms with Gasteiger partial charge in [-0.3, -0.25) is 9.69 Å². The Hall–Kier alpha value is -1.78. The Bertz CT molecular complexity index is 645. The van der Waals surface area contributed by atoms with Crippen LogP contribution in [-0.4, -0.2) is 36.1 Å². The van der Waals surface area contributed by atoms with Gasteiger partial charge in [0.15, 0.2) is 0 Å². The van der Waals surface area contributed by atoms with E-state index in [1.807, 2.05) is 18.2 Å². The molecule has 1 N–H and O–H groups in total. The van der Waals surface area contributed by atoms with Crippen LogP contribution in [0.2, 0.25) is 5.02 Å². The largest absolute Gasteiger partial charge is 0.369 e. The van der Waals surface area contributed by atoms with Crippen molar-refractivity contribution in [3.05, 3.63) is 63.5 Å². The summed E-state index contributed by atoms with van der Waals surface area (Å²) in [6.45, 7) is 4.80. The van der Waals surface area contributed by atoms with Crippen LogP contribution in [0.1, 0.15) is 5.56 Å². The summed E-state index contributed by atoms with van der Waals surface area (Å²) in [6, 6.07) is 11.6. The van der Waals surface area contributed by atoms with Crippen molar-refractivity contribution in [3.8, 4) is 0 Å². The van der Waals surface area contributed by atoms with Crippen LogP contribution in [0, 0.1) is 0 Å². The Kier molecular flexibility index (Phi) is 4.27. The van der Waals surface area contributed by atoms with Crippen molar-refractivity contribution in [3.63, 3.8) is 0 Å². The number of hydrogen-bond acceptors (Lipinski definition) is 3. The van der Waals surface area contributed by atoms with E-state index in [2.05, 4.69) is 26.9 Å². The minimum absolute atomic E-state index is 0.0349. The van der Waals surface area contributed by atoms with Gasteiger partial charge in [0.25, 0.3) is 0 Å². The number of benzene rings is 1. The van der Waals surface area contributed by atoms with Crippen LogP contribution in [0.3, 0.4) is 0 Å². The number of piperazine rings is 1. The standard InChI is InChI=1S/C16H18ClN3O/c17-14-1-3-15(4-2-14)20-9-7-19(8-10-20)12-13-5-6-18-16(21)11-13/h1-6,11H,7-10,12H2,(H,18,21). The monoisotopic (exact) mass is 303 g/mol. The number of hydrogen-bond donors (Lipinski definition) is 1. The van der Waals surface area contributed by atoms with Gasteiger partial charge in [-0.15, -0.1) is 0 Å². The third kappa shape index (κ3) is 3.65. The van der Waals surface area contributed by atoms with Crippen molar-refractivity contribution in [2.45, 2.75) is 6.54 Å². The molecule has 5 heteroatoms. The zero-order valence-corrected chi connectivity index (χ0v) is 12.5. The maximum atomic E-state index is 11.3. The number of nitrogens with zero attached hydrogens (tertiary/aromatic N) is 2. The highest BCUT2D eigenvalue weighted by molar-refractivity contribution is 6.30. The fourth-order valence-corrected chi connectivity index (χ4v) is 2.79. The topological polar surface area (TPSA) is 39.3 Å². The molecule has 1 aromatic carbocycles. The van der Waals surface area contributed by atoms with Gasteiger partial charge in [-0.05, 0) is 35.9 Å². The van der Waals surface area contributed by atoms with Gasteiger partial charge < -0.3 is 9.88 Å². The predicted molar refractivity (Wildman–Crippen MR) is 86.0 cm³/mol. The molecule has 0 atom stereocenters. The van der Waals surface area contributed by atoms with Gasteiger partial charge in [0.05, 0.1) is 0 Å². The maximum Gasteiger partial charge on any atom is 0.248 e. The SMILES string of the molecule is O=c1cc(CN2CCN(c3ccc(Cl)cc3)CC2)cc[nH]1. The van der Waals surface area contributed by atoms with Crippen LogP contribution in [0.5, 0.6) is 0 Å². The first-order chi connectivity index (χ1) is 10.2. The summed E-state index contributed by atoms with van der Waals surface area (Å²) >= 11 is 5.92. The van der Waals surface area contributed by atoms with E-state index in [4.69, 9.17) is 11.6 Å². The summed E-state index contributed by atoms with van der Waals surface area (Å²) in [4.78, 5) is 18.7. The molecule has 0 unspecified atom stereocenters. The van der Waals surface area contributed by atoms with Crippen LogP contribution in [-0.2, 0) is 6.54 Å². The third-order valence-electron chi connectivity index (χ3n) is 3.81. The average Bonchev–Trinajstić information content (AvgIpc) is 2.49. The van der Waals surface area contributed by atoms with E-state index in [9.17, 15) is 4.79 Å². The molecule has 4 nitrogen and oxygen atoms in total. The quantitative estimate of drug-likeness (QED) is 0.946. The van der Waals surface area contributed by atoms with Gasteiger partial charge in [-0.2, -0.15) is 0 Å². The van der Waals surface area contributed by atoms with Gasteiger partial charge >= 0.3 is 0 Å². The van der Waals surface area contributed by atoms with E-state index in [-0.39, 0.29) is 5.56 Å². The molecule has 1 fully saturated rings. The Morgan fingerprint density at radius 2 is 1.76 bits per heavy atom. The van der Waals surface area contributed by atoms with E-state index in [1.165, 1.54) is 5.69 Å². The van der Waals surface area contributed by atoms with Crippen molar-refractivity contribution in [1.82, 2.24) is 9.88 Å². The lowest BCUT2D eigenvalue weighted by molar-refractivity contribution is 0.250. The molecule has 1 aliphatic rings. The van der Waals surface area contributed by atoms with Gasteiger partial charge in [0.1, 0.15) is 0 Å². The second-order valence-corrected chi connectivity index (χ2v) is 5.74. The second-order valence-electron chi connectivity index (χ2n) is 5.30. The van der Waals surface area contributed by atoms with Crippen LogP contribution in [0.4, 0.5) is 5.69 Å². The number of H-pyrrole nitrogens is 1. The lowest BCUT2D eigenvalue weighted by atomic mass is 10.2. The Morgan fingerprint density at radius 3 is 2.43 bits per heavy atom. The highest BCUT2D eigenvalue weighted by atomic mass is 35.5. The Morgan fingerprint density at radius 1 is 1.05 bits per heavy atom. The van der Waals surface area contributed by atoms with Crippen molar-refractivity contribution in [1.29, 1.82) is 0 Å². The molecule has 0 aliphatic carbocycles. The summed E-state index contributed by atoms with van der Waals surface area (Å²) < 4.78 is 0. The molecule has 21 heavy (non-hydrogen) atoms. The number of anilines is 1. The van der Waals surface area contributed by atoms with Crippen molar-refractivity contribution in [2.75, 3.05) is 31.1 Å². The predicted octanol–water partition coefficient (Wildman–Crippen LogP) is 2.35. The van der Waals surface area contributed by atoms with Crippen molar-refractivity contribution >= 4 is 17.3 Å². The molecular formula is C16H18ClN3O. The molecule has 0 amide bonds. The average molecular weight is 304 g/mol. The first kappa shape index (κ1) is 14.2. The minimum Gasteiger partial charge on any atom is -0.369 e. The number of halogens is 1. The van der Waals surface area contributed by atoms with Crippen molar-refractivity contribution < 1.29 is 0 Å². The summed E-state index contributed by atoms with van der Waals surface area (Å²) in [5.74, 6) is 0. The van der Waals surface area contributed by atoms with E-state index in [1.54, 1.807) is 12.3 Å². The molecule has 0 saturated carbocycles. The molecular weight excluding hydrogens is 286 g/mol. The number of rotatable bonds is 3. The van der Waals surface area contributed by atoms with E-state index in [0.717, 1.165) is 43.3 Å². The van der Waals surface area contributed by atoms with E-state index < -0.39 is 0 Å². The first-order valence-electron chi connectivity index (χ1n) is 7.11. The maximum absolute atomic E-state index is 11.3. The van der Waals surface area contributed by atoms with Gasteiger partial charge in [-0.1, -0.05) is 11.6 Å². The lowest BCUT2D eigenvalue weighted by Crippen LogP contribution is -2.46. The van der Waals surface area contributed by atoms with E-state index >= 15 is 0 Å². The zero-order chi connectivity index (χ0) is 14.7. The number of nitrogens with one attached hydrogen (secondary N) is 1. The fourth-order valence-electron chi connectivity index (χ4n) is 2.66.